The lowest BCUT2D eigenvalue weighted by Gasteiger charge is -2.05. The SMILES string of the molecule is CCCc1noc(CSc2nnnn2C(C)C)n1. The van der Waals surface area contributed by atoms with Crippen LogP contribution in [-0.4, -0.2) is 30.3 Å². The normalized spacial score (nSPS) is 11.3. The number of nitrogens with zero attached hydrogens (tertiary/aromatic N) is 6. The fourth-order valence-corrected chi connectivity index (χ4v) is 2.25. The van der Waals surface area contributed by atoms with E-state index in [4.69, 9.17) is 4.52 Å². The lowest BCUT2D eigenvalue weighted by molar-refractivity contribution is 0.384. The van der Waals surface area contributed by atoms with Crippen LogP contribution in [0.25, 0.3) is 0 Å². The van der Waals surface area contributed by atoms with Crippen molar-refractivity contribution in [3.05, 3.63) is 11.7 Å². The van der Waals surface area contributed by atoms with E-state index in [0.717, 1.165) is 23.8 Å². The molecule has 0 radical (unpaired) electrons. The van der Waals surface area contributed by atoms with Crippen molar-refractivity contribution in [2.75, 3.05) is 0 Å². The van der Waals surface area contributed by atoms with Crippen LogP contribution < -0.4 is 0 Å². The maximum Gasteiger partial charge on any atom is 0.237 e. The molecular formula is C10H16N6OS. The van der Waals surface area contributed by atoms with Gasteiger partial charge in [-0.05, 0) is 30.7 Å². The standard InChI is InChI=1S/C10H16N6OS/c1-4-5-8-11-9(17-13-8)6-18-10-12-14-15-16(10)7(2)3/h7H,4-6H2,1-3H3. The third kappa shape index (κ3) is 3.06. The third-order valence-electron chi connectivity index (χ3n) is 2.26. The largest absolute Gasteiger partial charge is 0.338 e. The Morgan fingerprint density at radius 2 is 2.22 bits per heavy atom. The van der Waals surface area contributed by atoms with Crippen molar-refractivity contribution in [1.82, 2.24) is 30.3 Å². The highest BCUT2D eigenvalue weighted by atomic mass is 32.2. The Morgan fingerprint density at radius 3 is 2.94 bits per heavy atom. The fourth-order valence-electron chi connectivity index (χ4n) is 1.40. The van der Waals surface area contributed by atoms with Crippen LogP contribution in [0.15, 0.2) is 9.68 Å². The van der Waals surface area contributed by atoms with Crippen molar-refractivity contribution in [3.8, 4) is 0 Å². The van der Waals surface area contributed by atoms with Gasteiger partial charge >= 0.3 is 0 Å². The Balaban J connectivity index is 1.96. The first-order valence-electron chi connectivity index (χ1n) is 5.92. The lowest BCUT2D eigenvalue weighted by Crippen LogP contribution is -2.04. The Morgan fingerprint density at radius 1 is 1.39 bits per heavy atom. The molecule has 0 fully saturated rings. The van der Waals surface area contributed by atoms with E-state index in [1.165, 1.54) is 11.8 Å². The van der Waals surface area contributed by atoms with Gasteiger partial charge in [0.2, 0.25) is 11.0 Å². The van der Waals surface area contributed by atoms with E-state index < -0.39 is 0 Å². The van der Waals surface area contributed by atoms with E-state index in [0.29, 0.717) is 11.6 Å². The zero-order valence-corrected chi connectivity index (χ0v) is 11.5. The summed E-state index contributed by atoms with van der Waals surface area (Å²) < 4.78 is 6.93. The van der Waals surface area contributed by atoms with Crippen LogP contribution in [0, 0.1) is 0 Å². The number of rotatable bonds is 6. The molecule has 0 atom stereocenters. The quantitative estimate of drug-likeness (QED) is 0.740. The fraction of sp³-hybridized carbons (Fsp3) is 0.700. The van der Waals surface area contributed by atoms with Crippen LogP contribution in [0.4, 0.5) is 0 Å². The van der Waals surface area contributed by atoms with E-state index in [1.54, 1.807) is 4.68 Å². The monoisotopic (exact) mass is 268 g/mol. The molecule has 0 aliphatic heterocycles. The van der Waals surface area contributed by atoms with Gasteiger partial charge in [0.15, 0.2) is 5.82 Å². The van der Waals surface area contributed by atoms with Crippen molar-refractivity contribution in [3.63, 3.8) is 0 Å². The molecule has 2 aromatic rings. The highest BCUT2D eigenvalue weighted by Gasteiger charge is 2.12. The molecule has 0 N–H and O–H groups in total. The maximum absolute atomic E-state index is 5.16. The molecule has 0 saturated heterocycles. The molecule has 0 spiro atoms. The molecule has 0 aromatic carbocycles. The third-order valence-corrected chi connectivity index (χ3v) is 3.18. The molecule has 0 aliphatic carbocycles. The van der Waals surface area contributed by atoms with Crippen LogP contribution in [0.2, 0.25) is 0 Å². The molecule has 2 rings (SSSR count). The van der Waals surface area contributed by atoms with E-state index in [2.05, 4.69) is 32.6 Å². The summed E-state index contributed by atoms with van der Waals surface area (Å²) in [4.78, 5) is 4.30. The number of hydrogen-bond donors (Lipinski definition) is 0. The molecule has 2 heterocycles. The van der Waals surface area contributed by atoms with Gasteiger partial charge < -0.3 is 4.52 Å². The van der Waals surface area contributed by atoms with Gasteiger partial charge in [0, 0.05) is 6.42 Å². The minimum atomic E-state index is 0.237. The summed E-state index contributed by atoms with van der Waals surface area (Å²) in [6.07, 6.45) is 1.86. The highest BCUT2D eigenvalue weighted by molar-refractivity contribution is 7.98. The van der Waals surface area contributed by atoms with Gasteiger partial charge in [0.1, 0.15) is 0 Å². The Bertz CT molecular complexity index is 494. The molecular weight excluding hydrogens is 252 g/mol. The summed E-state index contributed by atoms with van der Waals surface area (Å²) >= 11 is 1.50. The molecule has 0 bridgehead atoms. The minimum absolute atomic E-state index is 0.237. The summed E-state index contributed by atoms with van der Waals surface area (Å²) in [7, 11) is 0. The molecule has 0 unspecified atom stereocenters. The number of aryl methyl sites for hydroxylation is 1. The first-order chi connectivity index (χ1) is 8.70. The second kappa shape index (κ2) is 5.94. The first-order valence-corrected chi connectivity index (χ1v) is 6.91. The molecule has 0 amide bonds. The van der Waals surface area contributed by atoms with Crippen LogP contribution in [0.1, 0.15) is 44.9 Å². The zero-order valence-electron chi connectivity index (χ0n) is 10.7. The maximum atomic E-state index is 5.16. The zero-order chi connectivity index (χ0) is 13.0. The molecule has 0 saturated carbocycles. The van der Waals surface area contributed by atoms with Gasteiger partial charge in [-0.25, -0.2) is 4.68 Å². The number of thioether (sulfide) groups is 1. The topological polar surface area (TPSA) is 82.5 Å². The second-order valence-electron chi connectivity index (χ2n) is 4.14. The van der Waals surface area contributed by atoms with Crippen molar-refractivity contribution in [2.45, 2.75) is 50.6 Å². The van der Waals surface area contributed by atoms with Crippen LogP contribution in [-0.2, 0) is 12.2 Å². The lowest BCUT2D eigenvalue weighted by atomic mass is 10.3. The molecule has 8 heteroatoms. The molecule has 7 nitrogen and oxygen atoms in total. The smallest absolute Gasteiger partial charge is 0.237 e. The Hall–Kier alpha value is -1.44. The predicted molar refractivity (Wildman–Crippen MR) is 66.1 cm³/mol. The average molecular weight is 268 g/mol. The molecule has 0 aliphatic rings. The van der Waals surface area contributed by atoms with E-state index in [-0.39, 0.29) is 6.04 Å². The van der Waals surface area contributed by atoms with Gasteiger partial charge in [-0.15, -0.1) is 5.10 Å². The predicted octanol–water partition coefficient (Wildman–Crippen LogP) is 1.88. The van der Waals surface area contributed by atoms with Crippen molar-refractivity contribution in [2.24, 2.45) is 0 Å². The summed E-state index contributed by atoms with van der Waals surface area (Å²) in [5.74, 6) is 1.96. The number of tetrazole rings is 1. The van der Waals surface area contributed by atoms with Crippen LogP contribution in [0.5, 0.6) is 0 Å². The second-order valence-corrected chi connectivity index (χ2v) is 5.09. The van der Waals surface area contributed by atoms with E-state index in [1.807, 2.05) is 13.8 Å². The summed E-state index contributed by atoms with van der Waals surface area (Å²) in [5.41, 5.74) is 0. The highest BCUT2D eigenvalue weighted by Crippen LogP contribution is 2.21. The molecule has 2 aromatic heterocycles. The average Bonchev–Trinajstić information content (AvgIpc) is 2.95. The van der Waals surface area contributed by atoms with E-state index >= 15 is 0 Å². The first kappa shape index (κ1) is 13.0. The van der Waals surface area contributed by atoms with E-state index in [9.17, 15) is 0 Å². The Labute approximate surface area is 109 Å². The molecule has 98 valence electrons. The molecule has 18 heavy (non-hydrogen) atoms. The van der Waals surface area contributed by atoms with Crippen LogP contribution in [0.3, 0.4) is 0 Å². The van der Waals surface area contributed by atoms with Crippen molar-refractivity contribution in [1.29, 1.82) is 0 Å². The summed E-state index contributed by atoms with van der Waals surface area (Å²) in [5, 5.41) is 16.2. The van der Waals surface area contributed by atoms with Crippen LogP contribution >= 0.6 is 11.8 Å². The summed E-state index contributed by atoms with van der Waals surface area (Å²) in [6.45, 7) is 6.15. The van der Waals surface area contributed by atoms with Crippen molar-refractivity contribution < 1.29 is 4.52 Å². The van der Waals surface area contributed by atoms with Gasteiger partial charge in [0.05, 0.1) is 11.8 Å². The Kier molecular flexibility index (Phi) is 4.29. The van der Waals surface area contributed by atoms with Gasteiger partial charge in [-0.1, -0.05) is 23.8 Å². The van der Waals surface area contributed by atoms with Gasteiger partial charge in [-0.3, -0.25) is 0 Å². The van der Waals surface area contributed by atoms with Gasteiger partial charge in [0.25, 0.3) is 0 Å². The number of hydrogen-bond acceptors (Lipinski definition) is 7. The minimum Gasteiger partial charge on any atom is -0.338 e. The van der Waals surface area contributed by atoms with Gasteiger partial charge in [-0.2, -0.15) is 4.98 Å². The summed E-state index contributed by atoms with van der Waals surface area (Å²) in [6, 6.07) is 0.237. The number of aromatic nitrogens is 6. The van der Waals surface area contributed by atoms with Crippen molar-refractivity contribution >= 4 is 11.8 Å².